The molecule has 1 amide bonds. The van der Waals surface area contributed by atoms with E-state index in [2.05, 4.69) is 20.3 Å². The summed E-state index contributed by atoms with van der Waals surface area (Å²) >= 11 is 1.16. The summed E-state index contributed by atoms with van der Waals surface area (Å²) in [4.78, 5) is 15.4. The van der Waals surface area contributed by atoms with E-state index in [0.717, 1.165) is 55.4 Å². The standard InChI is InChI=1S/C14H21F2N3O2S/c1-10-9-11(21-14(15)16)12(22-10)13(20)18-3-2-6-19-7-4-17-5-8-19/h9,14,17H,2-8H2,1H3,(H,18,20). The Morgan fingerprint density at radius 2 is 2.23 bits per heavy atom. The van der Waals surface area contributed by atoms with Gasteiger partial charge in [-0.2, -0.15) is 8.78 Å². The monoisotopic (exact) mass is 333 g/mol. The minimum absolute atomic E-state index is 0.0443. The van der Waals surface area contributed by atoms with Crippen LogP contribution in [0.2, 0.25) is 0 Å². The second kappa shape index (κ2) is 8.40. The number of thiophene rings is 1. The first-order valence-corrected chi connectivity index (χ1v) is 8.14. The number of ether oxygens (including phenoxy) is 1. The largest absolute Gasteiger partial charge is 0.433 e. The molecule has 0 spiro atoms. The lowest BCUT2D eigenvalue weighted by molar-refractivity contribution is -0.0498. The van der Waals surface area contributed by atoms with E-state index in [0.29, 0.717) is 6.54 Å². The Labute approximate surface area is 132 Å². The van der Waals surface area contributed by atoms with Crippen LogP contribution in [-0.2, 0) is 0 Å². The fourth-order valence-electron chi connectivity index (χ4n) is 2.35. The molecule has 0 unspecified atom stereocenters. The number of hydrogen-bond acceptors (Lipinski definition) is 5. The molecular weight excluding hydrogens is 312 g/mol. The van der Waals surface area contributed by atoms with Crippen molar-refractivity contribution < 1.29 is 18.3 Å². The third-order valence-electron chi connectivity index (χ3n) is 3.39. The van der Waals surface area contributed by atoms with Gasteiger partial charge in [0.1, 0.15) is 10.6 Å². The summed E-state index contributed by atoms with van der Waals surface area (Å²) in [5, 5.41) is 6.05. The molecule has 124 valence electrons. The first kappa shape index (κ1) is 17.1. The van der Waals surface area contributed by atoms with Gasteiger partial charge in [-0.05, 0) is 26.0 Å². The van der Waals surface area contributed by atoms with Crippen molar-refractivity contribution in [3.63, 3.8) is 0 Å². The number of nitrogens with zero attached hydrogens (tertiary/aromatic N) is 1. The molecule has 0 radical (unpaired) electrons. The highest BCUT2D eigenvalue weighted by molar-refractivity contribution is 7.14. The summed E-state index contributed by atoms with van der Waals surface area (Å²) < 4.78 is 29.0. The van der Waals surface area contributed by atoms with Crippen LogP contribution in [0.3, 0.4) is 0 Å². The van der Waals surface area contributed by atoms with E-state index in [4.69, 9.17) is 0 Å². The zero-order valence-electron chi connectivity index (χ0n) is 12.5. The summed E-state index contributed by atoms with van der Waals surface area (Å²) in [6.45, 7) is 4.30. The molecule has 0 aromatic carbocycles. The van der Waals surface area contributed by atoms with Crippen molar-refractivity contribution in [2.24, 2.45) is 0 Å². The molecule has 1 fully saturated rings. The van der Waals surface area contributed by atoms with E-state index < -0.39 is 6.61 Å². The first-order chi connectivity index (χ1) is 10.6. The molecule has 2 rings (SSSR count). The van der Waals surface area contributed by atoms with Crippen molar-refractivity contribution >= 4 is 17.2 Å². The third-order valence-corrected chi connectivity index (χ3v) is 4.42. The number of hydrogen-bond donors (Lipinski definition) is 2. The number of aryl methyl sites for hydroxylation is 1. The highest BCUT2D eigenvalue weighted by Crippen LogP contribution is 2.30. The van der Waals surface area contributed by atoms with Crippen molar-refractivity contribution in [2.45, 2.75) is 20.0 Å². The topological polar surface area (TPSA) is 53.6 Å². The van der Waals surface area contributed by atoms with Crippen LogP contribution in [0.25, 0.3) is 0 Å². The molecule has 1 saturated heterocycles. The summed E-state index contributed by atoms with van der Waals surface area (Å²) in [5.41, 5.74) is 0. The maximum Gasteiger partial charge on any atom is 0.387 e. The molecule has 2 heterocycles. The molecule has 2 N–H and O–H groups in total. The smallest absolute Gasteiger partial charge is 0.387 e. The van der Waals surface area contributed by atoms with Gasteiger partial charge in [0.05, 0.1) is 0 Å². The zero-order chi connectivity index (χ0) is 15.9. The predicted molar refractivity (Wildman–Crippen MR) is 81.9 cm³/mol. The van der Waals surface area contributed by atoms with Crippen LogP contribution < -0.4 is 15.4 Å². The number of alkyl halides is 2. The van der Waals surface area contributed by atoms with Crippen LogP contribution >= 0.6 is 11.3 Å². The van der Waals surface area contributed by atoms with Crippen LogP contribution in [0.5, 0.6) is 5.75 Å². The van der Waals surface area contributed by atoms with Gasteiger partial charge < -0.3 is 20.3 Å². The van der Waals surface area contributed by atoms with Crippen molar-refractivity contribution in [1.29, 1.82) is 0 Å². The molecule has 22 heavy (non-hydrogen) atoms. The number of carbonyl (C=O) groups excluding carboxylic acids is 1. The molecule has 1 aliphatic heterocycles. The number of piperazine rings is 1. The van der Waals surface area contributed by atoms with Crippen LogP contribution in [0, 0.1) is 6.92 Å². The van der Waals surface area contributed by atoms with E-state index in [-0.39, 0.29) is 16.5 Å². The molecule has 0 aliphatic carbocycles. The number of rotatable bonds is 7. The van der Waals surface area contributed by atoms with E-state index in [1.54, 1.807) is 6.92 Å². The Hall–Kier alpha value is -1.25. The molecule has 0 bridgehead atoms. The van der Waals surface area contributed by atoms with Crippen molar-refractivity contribution in [1.82, 2.24) is 15.5 Å². The van der Waals surface area contributed by atoms with Gasteiger partial charge in [-0.25, -0.2) is 0 Å². The summed E-state index contributed by atoms with van der Waals surface area (Å²) in [7, 11) is 0. The van der Waals surface area contributed by atoms with Crippen LogP contribution in [0.15, 0.2) is 6.07 Å². The molecule has 1 aliphatic rings. The third kappa shape index (κ3) is 5.19. The Kier molecular flexibility index (Phi) is 6.53. The van der Waals surface area contributed by atoms with E-state index >= 15 is 0 Å². The van der Waals surface area contributed by atoms with Gasteiger partial charge in [0.2, 0.25) is 0 Å². The Morgan fingerprint density at radius 1 is 1.50 bits per heavy atom. The summed E-state index contributed by atoms with van der Waals surface area (Å²) in [6, 6.07) is 1.46. The Balaban J connectivity index is 1.77. The number of nitrogens with one attached hydrogen (secondary N) is 2. The average Bonchev–Trinajstić information content (AvgIpc) is 2.84. The minimum Gasteiger partial charge on any atom is -0.433 e. The zero-order valence-corrected chi connectivity index (χ0v) is 13.3. The Morgan fingerprint density at radius 3 is 2.91 bits per heavy atom. The number of carbonyl (C=O) groups is 1. The van der Waals surface area contributed by atoms with Crippen molar-refractivity contribution in [2.75, 3.05) is 39.3 Å². The Bertz CT molecular complexity index is 490. The van der Waals surface area contributed by atoms with Gasteiger partial charge in [-0.3, -0.25) is 4.79 Å². The lowest BCUT2D eigenvalue weighted by atomic mass is 10.3. The molecule has 5 nitrogen and oxygen atoms in total. The second-order valence-electron chi connectivity index (χ2n) is 5.13. The number of amides is 1. The first-order valence-electron chi connectivity index (χ1n) is 7.33. The van der Waals surface area contributed by atoms with Crippen LogP contribution in [0.1, 0.15) is 21.0 Å². The van der Waals surface area contributed by atoms with Crippen LogP contribution in [-0.4, -0.2) is 56.7 Å². The van der Waals surface area contributed by atoms with Gasteiger partial charge in [-0.1, -0.05) is 0 Å². The fraction of sp³-hybridized carbons (Fsp3) is 0.643. The lowest BCUT2D eigenvalue weighted by Gasteiger charge is -2.27. The van der Waals surface area contributed by atoms with Crippen molar-refractivity contribution in [3.8, 4) is 5.75 Å². The quantitative estimate of drug-likeness (QED) is 0.746. The summed E-state index contributed by atoms with van der Waals surface area (Å²) in [5.74, 6) is -0.397. The average molecular weight is 333 g/mol. The van der Waals surface area contributed by atoms with Gasteiger partial charge in [0.15, 0.2) is 0 Å². The highest BCUT2D eigenvalue weighted by atomic mass is 32.1. The lowest BCUT2D eigenvalue weighted by Crippen LogP contribution is -2.44. The molecular formula is C14H21F2N3O2S. The molecule has 0 saturated carbocycles. The highest BCUT2D eigenvalue weighted by Gasteiger charge is 2.19. The predicted octanol–water partition coefficient (Wildman–Crippen LogP) is 1.68. The normalized spacial score (nSPS) is 16.0. The number of halogens is 2. The van der Waals surface area contributed by atoms with E-state index in [1.165, 1.54) is 6.07 Å². The SMILES string of the molecule is Cc1cc(OC(F)F)c(C(=O)NCCCN2CCNCC2)s1. The van der Waals surface area contributed by atoms with Crippen molar-refractivity contribution in [3.05, 3.63) is 15.8 Å². The molecule has 1 aromatic rings. The summed E-state index contributed by atoms with van der Waals surface area (Å²) in [6.07, 6.45) is 0.834. The molecule has 8 heteroatoms. The van der Waals surface area contributed by atoms with Gasteiger partial charge in [0, 0.05) is 37.6 Å². The van der Waals surface area contributed by atoms with Crippen LogP contribution in [0.4, 0.5) is 8.78 Å². The molecule has 1 aromatic heterocycles. The van der Waals surface area contributed by atoms with Gasteiger partial charge in [-0.15, -0.1) is 11.3 Å². The van der Waals surface area contributed by atoms with E-state index in [1.807, 2.05) is 0 Å². The minimum atomic E-state index is -2.92. The van der Waals surface area contributed by atoms with Gasteiger partial charge >= 0.3 is 6.61 Å². The fourth-order valence-corrected chi connectivity index (χ4v) is 3.21. The second-order valence-corrected chi connectivity index (χ2v) is 6.39. The molecule has 0 atom stereocenters. The van der Waals surface area contributed by atoms with Gasteiger partial charge in [0.25, 0.3) is 5.91 Å². The maximum absolute atomic E-state index is 12.3. The van der Waals surface area contributed by atoms with E-state index in [9.17, 15) is 13.6 Å². The maximum atomic E-state index is 12.3.